The van der Waals surface area contributed by atoms with Crippen LogP contribution >= 0.6 is 0 Å². The summed E-state index contributed by atoms with van der Waals surface area (Å²) in [6.45, 7) is 6.37. The number of ether oxygens (including phenoxy) is 3. The summed E-state index contributed by atoms with van der Waals surface area (Å²) in [5.74, 6) is -1.02. The highest BCUT2D eigenvalue weighted by Gasteiger charge is 2.19. The number of hydrogen-bond donors (Lipinski definition) is 0. The first-order valence-corrected chi connectivity index (χ1v) is 25.7. The summed E-state index contributed by atoms with van der Waals surface area (Å²) in [4.78, 5) is 37.9. The van der Waals surface area contributed by atoms with E-state index in [0.29, 0.717) is 19.3 Å². The van der Waals surface area contributed by atoms with Gasteiger partial charge in [-0.2, -0.15) is 0 Å². The highest BCUT2D eigenvalue weighted by molar-refractivity contribution is 5.71. The SMILES string of the molecule is CC/C=C\C/C=C\C/C=C\C/C=C\C/C=C\C/C=C\CCC(=O)OCC(COC(=O)CCCCCCC/C=C\CCC)OC(=O)CCCCCCC/C=C\CCCCCCCCC. The van der Waals surface area contributed by atoms with E-state index >= 15 is 0 Å². The van der Waals surface area contributed by atoms with Crippen LogP contribution in [0.4, 0.5) is 0 Å². The van der Waals surface area contributed by atoms with E-state index < -0.39 is 6.10 Å². The quantitative estimate of drug-likeness (QED) is 0.0262. The lowest BCUT2D eigenvalue weighted by Gasteiger charge is -2.18. The summed E-state index contributed by atoms with van der Waals surface area (Å²) in [6, 6.07) is 0. The molecule has 0 rings (SSSR count). The fourth-order valence-corrected chi connectivity index (χ4v) is 6.70. The Hall–Kier alpha value is -3.67. The van der Waals surface area contributed by atoms with Gasteiger partial charge in [-0.1, -0.05) is 201 Å². The number of hydrogen-bond acceptors (Lipinski definition) is 6. The zero-order chi connectivity index (χ0) is 45.8. The second-order valence-electron chi connectivity index (χ2n) is 16.7. The highest BCUT2D eigenvalue weighted by Crippen LogP contribution is 2.13. The number of carbonyl (C=O) groups excluding carboxylic acids is 3. The third kappa shape index (κ3) is 49.2. The van der Waals surface area contributed by atoms with E-state index in [9.17, 15) is 14.4 Å². The van der Waals surface area contributed by atoms with E-state index in [2.05, 4.69) is 106 Å². The predicted molar refractivity (Wildman–Crippen MR) is 270 cm³/mol. The molecule has 6 nitrogen and oxygen atoms in total. The van der Waals surface area contributed by atoms with Gasteiger partial charge in [0.15, 0.2) is 6.10 Å². The standard InChI is InChI=1S/C57H94O6/c1-4-7-10-13-16-19-22-24-26-28-29-30-32-33-35-38-41-44-47-50-56(59)62-53-54(52-61-55(58)49-46-43-40-37-21-18-15-12-9-6-3)63-57(60)51-48-45-42-39-36-34-31-27-25-23-20-17-14-11-8-5-2/h7,10,12,15-16,19,24,26-27,29-31,33,35,41,44,54H,4-6,8-9,11,13-14,17-18,20-23,25,28,32,34,36-40,42-43,45-53H2,1-3H3/b10-7-,15-12-,19-16-,26-24-,30-29-,31-27-,35-33-,44-41-. The molecule has 1 unspecified atom stereocenters. The lowest BCUT2D eigenvalue weighted by Crippen LogP contribution is -2.30. The molecule has 1 atom stereocenters. The van der Waals surface area contributed by atoms with E-state index in [0.717, 1.165) is 109 Å². The molecule has 0 aromatic rings. The minimum Gasteiger partial charge on any atom is -0.462 e. The van der Waals surface area contributed by atoms with Crippen LogP contribution in [0.5, 0.6) is 0 Å². The van der Waals surface area contributed by atoms with E-state index in [-0.39, 0.29) is 37.5 Å². The maximum Gasteiger partial charge on any atom is 0.306 e. The second-order valence-corrected chi connectivity index (χ2v) is 16.7. The third-order valence-electron chi connectivity index (χ3n) is 10.5. The Morgan fingerprint density at radius 3 is 1.13 bits per heavy atom. The Balaban J connectivity index is 4.49. The molecular weight excluding hydrogens is 781 g/mol. The summed E-state index contributed by atoms with van der Waals surface area (Å²) in [5, 5.41) is 0. The molecule has 0 N–H and O–H groups in total. The molecule has 0 bridgehead atoms. The van der Waals surface area contributed by atoms with Crippen LogP contribution in [0.15, 0.2) is 97.2 Å². The molecule has 0 spiro atoms. The number of allylic oxidation sites excluding steroid dienone is 16. The maximum atomic E-state index is 12.8. The van der Waals surface area contributed by atoms with Crippen LogP contribution in [0.3, 0.4) is 0 Å². The summed E-state index contributed by atoms with van der Waals surface area (Å²) in [5.41, 5.74) is 0. The molecule has 0 aliphatic carbocycles. The van der Waals surface area contributed by atoms with Crippen molar-refractivity contribution in [2.75, 3.05) is 13.2 Å². The summed E-state index contributed by atoms with van der Waals surface area (Å²) in [7, 11) is 0. The monoisotopic (exact) mass is 875 g/mol. The van der Waals surface area contributed by atoms with Crippen LogP contribution < -0.4 is 0 Å². The predicted octanol–water partition coefficient (Wildman–Crippen LogP) is 17.0. The van der Waals surface area contributed by atoms with Crippen molar-refractivity contribution in [2.45, 2.75) is 232 Å². The summed E-state index contributed by atoms with van der Waals surface area (Å²) >= 11 is 0. The van der Waals surface area contributed by atoms with Gasteiger partial charge < -0.3 is 14.2 Å². The van der Waals surface area contributed by atoms with Crippen LogP contribution in [0.2, 0.25) is 0 Å². The molecular formula is C57H94O6. The summed E-state index contributed by atoms with van der Waals surface area (Å²) in [6.07, 6.45) is 66.9. The average Bonchev–Trinajstić information content (AvgIpc) is 3.28. The van der Waals surface area contributed by atoms with Gasteiger partial charge >= 0.3 is 17.9 Å². The van der Waals surface area contributed by atoms with Gasteiger partial charge in [-0.3, -0.25) is 14.4 Å². The fraction of sp³-hybridized carbons (Fsp3) is 0.667. The maximum absolute atomic E-state index is 12.8. The molecule has 0 heterocycles. The average molecular weight is 875 g/mol. The zero-order valence-corrected chi connectivity index (χ0v) is 40.8. The molecule has 63 heavy (non-hydrogen) atoms. The smallest absolute Gasteiger partial charge is 0.306 e. The minimum absolute atomic E-state index is 0.110. The molecule has 0 saturated carbocycles. The Labute approximate surface area is 387 Å². The van der Waals surface area contributed by atoms with Gasteiger partial charge in [-0.15, -0.1) is 0 Å². The first-order chi connectivity index (χ1) is 31.0. The van der Waals surface area contributed by atoms with Crippen LogP contribution in [-0.2, 0) is 28.6 Å². The van der Waals surface area contributed by atoms with Gasteiger partial charge in [0.1, 0.15) is 13.2 Å². The lowest BCUT2D eigenvalue weighted by atomic mass is 10.1. The minimum atomic E-state index is -0.815. The number of carbonyl (C=O) groups is 3. The fourth-order valence-electron chi connectivity index (χ4n) is 6.70. The normalized spacial score (nSPS) is 12.9. The summed E-state index contributed by atoms with van der Waals surface area (Å²) < 4.78 is 16.7. The molecule has 0 aromatic heterocycles. The molecule has 0 radical (unpaired) electrons. The van der Waals surface area contributed by atoms with Crippen LogP contribution in [0.25, 0.3) is 0 Å². The van der Waals surface area contributed by atoms with Crippen molar-refractivity contribution in [2.24, 2.45) is 0 Å². The van der Waals surface area contributed by atoms with Gasteiger partial charge in [-0.05, 0) is 103 Å². The molecule has 0 amide bonds. The molecule has 358 valence electrons. The first kappa shape index (κ1) is 59.3. The topological polar surface area (TPSA) is 78.9 Å². The van der Waals surface area contributed by atoms with Crippen molar-refractivity contribution < 1.29 is 28.6 Å². The first-order valence-electron chi connectivity index (χ1n) is 25.7. The van der Waals surface area contributed by atoms with Crippen molar-refractivity contribution in [1.29, 1.82) is 0 Å². The van der Waals surface area contributed by atoms with Crippen molar-refractivity contribution in [3.05, 3.63) is 97.2 Å². The van der Waals surface area contributed by atoms with Crippen molar-refractivity contribution >= 4 is 17.9 Å². The van der Waals surface area contributed by atoms with Gasteiger partial charge in [0, 0.05) is 19.3 Å². The number of rotatable bonds is 45. The molecule has 0 saturated heterocycles. The van der Waals surface area contributed by atoms with Gasteiger partial charge in [0.05, 0.1) is 0 Å². The third-order valence-corrected chi connectivity index (χ3v) is 10.5. The van der Waals surface area contributed by atoms with Crippen molar-refractivity contribution in [3.63, 3.8) is 0 Å². The van der Waals surface area contributed by atoms with Crippen LogP contribution in [0.1, 0.15) is 226 Å². The number of unbranched alkanes of at least 4 members (excludes halogenated alkanes) is 18. The van der Waals surface area contributed by atoms with Crippen LogP contribution in [0, 0.1) is 0 Å². The van der Waals surface area contributed by atoms with Gasteiger partial charge in [0.2, 0.25) is 0 Å². The van der Waals surface area contributed by atoms with E-state index in [1.165, 1.54) is 70.6 Å². The number of esters is 3. The molecule has 0 aliphatic heterocycles. The molecule has 0 aromatic carbocycles. The molecule has 0 fully saturated rings. The Morgan fingerprint density at radius 2 is 0.683 bits per heavy atom. The molecule has 0 aliphatic rings. The van der Waals surface area contributed by atoms with E-state index in [1.54, 1.807) is 0 Å². The van der Waals surface area contributed by atoms with Crippen molar-refractivity contribution in [1.82, 2.24) is 0 Å². The van der Waals surface area contributed by atoms with E-state index in [1.807, 2.05) is 12.2 Å². The van der Waals surface area contributed by atoms with Gasteiger partial charge in [-0.25, -0.2) is 0 Å². The largest absolute Gasteiger partial charge is 0.462 e. The highest BCUT2D eigenvalue weighted by atomic mass is 16.6. The Bertz CT molecular complexity index is 1280. The van der Waals surface area contributed by atoms with Gasteiger partial charge in [0.25, 0.3) is 0 Å². The zero-order valence-electron chi connectivity index (χ0n) is 40.8. The lowest BCUT2D eigenvalue weighted by molar-refractivity contribution is -0.166. The van der Waals surface area contributed by atoms with Crippen molar-refractivity contribution in [3.8, 4) is 0 Å². The van der Waals surface area contributed by atoms with E-state index in [4.69, 9.17) is 14.2 Å². The Kier molecular flexibility index (Phi) is 48.0. The second kappa shape index (κ2) is 51.0. The molecule has 6 heteroatoms. The van der Waals surface area contributed by atoms with Crippen LogP contribution in [-0.4, -0.2) is 37.2 Å². The Morgan fingerprint density at radius 1 is 0.333 bits per heavy atom.